The van der Waals surface area contributed by atoms with Crippen molar-refractivity contribution >= 4 is 38.7 Å². The number of anilines is 1. The highest BCUT2D eigenvalue weighted by atomic mass is 32.1. The van der Waals surface area contributed by atoms with Gasteiger partial charge in [0.05, 0.1) is 24.0 Å². The molecule has 150 valence electrons. The van der Waals surface area contributed by atoms with Crippen molar-refractivity contribution in [3.8, 4) is 16.2 Å². The number of hydrogen-bond acceptors (Lipinski definition) is 7. The number of nitrogen functional groups attached to an aromatic ring is 1. The molecule has 0 saturated carbocycles. The van der Waals surface area contributed by atoms with E-state index in [1.165, 1.54) is 6.33 Å². The summed E-state index contributed by atoms with van der Waals surface area (Å²) in [5.41, 5.74) is 9.96. The molecule has 0 saturated heterocycles. The van der Waals surface area contributed by atoms with Crippen LogP contribution in [0.15, 0.2) is 30.6 Å². The lowest BCUT2D eigenvalue weighted by atomic mass is 10.1. The van der Waals surface area contributed by atoms with E-state index in [1.54, 1.807) is 30.0 Å². The van der Waals surface area contributed by atoms with Gasteiger partial charge in [0.1, 0.15) is 17.6 Å². The van der Waals surface area contributed by atoms with Gasteiger partial charge in [-0.25, -0.2) is 9.50 Å². The number of ether oxygens (including phenoxy) is 1. The smallest absolute Gasteiger partial charge is 0.233 e. The van der Waals surface area contributed by atoms with E-state index in [-0.39, 0.29) is 12.5 Å². The summed E-state index contributed by atoms with van der Waals surface area (Å²) in [6.45, 7) is 2.74. The lowest BCUT2D eigenvalue weighted by Gasteiger charge is -2.04. The molecule has 4 aromatic rings. The number of likely N-dealkylation sites (N-methyl/N-ethyl adjacent to an activating group) is 1. The van der Waals surface area contributed by atoms with Gasteiger partial charge in [-0.2, -0.15) is 5.10 Å². The Morgan fingerprint density at radius 3 is 2.90 bits per heavy atom. The number of nitrogens with one attached hydrogen (secondary N) is 2. The Bertz CT molecular complexity index is 1210. The largest absolute Gasteiger partial charge is 0.495 e. The molecule has 3 heterocycles. The predicted octanol–water partition coefficient (Wildman–Crippen LogP) is 2.35. The number of amides is 1. The quantitative estimate of drug-likeness (QED) is 0.450. The van der Waals surface area contributed by atoms with E-state index in [2.05, 4.69) is 39.8 Å². The van der Waals surface area contributed by atoms with Crippen LogP contribution in [0.2, 0.25) is 0 Å². The van der Waals surface area contributed by atoms with Crippen LogP contribution < -0.4 is 21.1 Å². The Balaban J connectivity index is 1.81. The number of aryl methyl sites for hydroxylation is 1. The molecule has 0 radical (unpaired) electrons. The molecule has 0 unspecified atom stereocenters. The van der Waals surface area contributed by atoms with Crippen molar-refractivity contribution in [2.24, 2.45) is 0 Å². The van der Waals surface area contributed by atoms with Gasteiger partial charge in [0.25, 0.3) is 0 Å². The normalized spacial score (nSPS) is 11.3. The van der Waals surface area contributed by atoms with Gasteiger partial charge in [-0.05, 0) is 36.1 Å². The van der Waals surface area contributed by atoms with Crippen LogP contribution in [0.1, 0.15) is 11.3 Å². The molecule has 3 aromatic heterocycles. The number of thiophene rings is 1. The molecule has 29 heavy (non-hydrogen) atoms. The molecule has 1 aromatic carbocycles. The maximum Gasteiger partial charge on any atom is 0.233 e. The summed E-state index contributed by atoms with van der Waals surface area (Å²) in [5, 5.41) is 11.2. The van der Waals surface area contributed by atoms with Gasteiger partial charge in [0, 0.05) is 24.0 Å². The number of carbonyl (C=O) groups excluding carboxylic acids is 1. The summed E-state index contributed by atoms with van der Waals surface area (Å²) in [6, 6.07) is 8.36. The Kier molecular flexibility index (Phi) is 5.08. The standard InChI is InChI=1S/C20H22N6O2S/c1-11-4-12-6-16(29-19(12)15(5-11)28-3)14-7-13(8-23-9-17(27)22-2)26-18(14)20(21)24-10-25-26/h4-7,10,23H,8-9H2,1-3H3,(H,22,27)(H2,21,24,25). The number of rotatable bonds is 6. The summed E-state index contributed by atoms with van der Waals surface area (Å²) >= 11 is 1.65. The minimum atomic E-state index is -0.0767. The van der Waals surface area contributed by atoms with Gasteiger partial charge in [-0.3, -0.25) is 4.79 Å². The summed E-state index contributed by atoms with van der Waals surface area (Å²) < 4.78 is 8.43. The van der Waals surface area contributed by atoms with E-state index < -0.39 is 0 Å². The van der Waals surface area contributed by atoms with Gasteiger partial charge >= 0.3 is 0 Å². The van der Waals surface area contributed by atoms with Crippen molar-refractivity contribution in [2.75, 3.05) is 26.4 Å². The van der Waals surface area contributed by atoms with E-state index in [1.807, 2.05) is 12.1 Å². The first-order valence-electron chi connectivity index (χ1n) is 9.12. The van der Waals surface area contributed by atoms with Crippen LogP contribution in [-0.4, -0.2) is 41.2 Å². The van der Waals surface area contributed by atoms with Crippen LogP contribution in [0.25, 0.3) is 26.0 Å². The second kappa shape index (κ2) is 7.69. The second-order valence-corrected chi connectivity index (χ2v) is 7.78. The highest BCUT2D eigenvalue weighted by Crippen LogP contribution is 2.42. The second-order valence-electron chi connectivity index (χ2n) is 6.73. The summed E-state index contributed by atoms with van der Waals surface area (Å²) in [4.78, 5) is 16.7. The minimum Gasteiger partial charge on any atom is -0.495 e. The van der Waals surface area contributed by atoms with E-state index in [0.717, 1.165) is 43.1 Å². The number of nitrogens with two attached hydrogens (primary N) is 1. The molecule has 8 nitrogen and oxygen atoms in total. The van der Waals surface area contributed by atoms with Crippen molar-refractivity contribution in [2.45, 2.75) is 13.5 Å². The van der Waals surface area contributed by atoms with Crippen molar-refractivity contribution in [1.82, 2.24) is 25.2 Å². The topological polar surface area (TPSA) is 107 Å². The predicted molar refractivity (Wildman–Crippen MR) is 115 cm³/mol. The SMILES string of the molecule is CNC(=O)CNCc1cc(-c2cc3cc(C)cc(OC)c3s2)c2c(N)ncnn12. The number of hydrogen-bond donors (Lipinski definition) is 3. The van der Waals surface area contributed by atoms with Gasteiger partial charge in [-0.1, -0.05) is 6.07 Å². The molecule has 9 heteroatoms. The zero-order chi connectivity index (χ0) is 20.5. The van der Waals surface area contributed by atoms with Gasteiger partial charge in [-0.15, -0.1) is 11.3 Å². The van der Waals surface area contributed by atoms with E-state index >= 15 is 0 Å². The molecule has 0 bridgehead atoms. The van der Waals surface area contributed by atoms with Crippen molar-refractivity contribution in [3.63, 3.8) is 0 Å². The summed E-state index contributed by atoms with van der Waals surface area (Å²) in [7, 11) is 3.30. The minimum absolute atomic E-state index is 0.0767. The average Bonchev–Trinajstić information content (AvgIpc) is 3.29. The number of fused-ring (bicyclic) bond motifs is 2. The van der Waals surface area contributed by atoms with Crippen LogP contribution in [0, 0.1) is 6.92 Å². The maximum absolute atomic E-state index is 11.5. The Morgan fingerprint density at radius 2 is 2.14 bits per heavy atom. The molecule has 4 rings (SSSR count). The average molecular weight is 411 g/mol. The lowest BCUT2D eigenvalue weighted by Crippen LogP contribution is -2.31. The highest BCUT2D eigenvalue weighted by molar-refractivity contribution is 7.22. The van der Waals surface area contributed by atoms with Crippen LogP contribution in [0.3, 0.4) is 0 Å². The fourth-order valence-electron chi connectivity index (χ4n) is 3.39. The van der Waals surface area contributed by atoms with Crippen molar-refractivity contribution in [1.29, 1.82) is 0 Å². The molecule has 0 aliphatic heterocycles. The maximum atomic E-state index is 11.5. The lowest BCUT2D eigenvalue weighted by molar-refractivity contribution is -0.119. The third-order valence-electron chi connectivity index (χ3n) is 4.74. The molecule has 4 N–H and O–H groups in total. The van der Waals surface area contributed by atoms with Gasteiger partial charge in [0.2, 0.25) is 5.91 Å². The zero-order valence-electron chi connectivity index (χ0n) is 16.4. The van der Waals surface area contributed by atoms with Gasteiger partial charge < -0.3 is 21.1 Å². The number of nitrogens with zero attached hydrogens (tertiary/aromatic N) is 3. The molecule has 0 atom stereocenters. The molecule has 0 fully saturated rings. The van der Waals surface area contributed by atoms with Crippen molar-refractivity contribution in [3.05, 3.63) is 41.9 Å². The molecule has 0 aliphatic rings. The third kappa shape index (κ3) is 3.50. The Morgan fingerprint density at radius 1 is 1.31 bits per heavy atom. The number of aromatic nitrogens is 3. The number of methoxy groups -OCH3 is 1. The number of carbonyl (C=O) groups is 1. The first-order valence-corrected chi connectivity index (χ1v) is 9.94. The first kappa shape index (κ1) is 19.2. The Hall–Kier alpha value is -3.17. The zero-order valence-corrected chi connectivity index (χ0v) is 17.3. The van der Waals surface area contributed by atoms with Crippen molar-refractivity contribution < 1.29 is 9.53 Å². The van der Waals surface area contributed by atoms with E-state index in [4.69, 9.17) is 10.5 Å². The van der Waals surface area contributed by atoms with Crippen LogP contribution in [-0.2, 0) is 11.3 Å². The fourth-order valence-corrected chi connectivity index (χ4v) is 4.54. The molecular weight excluding hydrogens is 388 g/mol. The number of benzene rings is 1. The van der Waals surface area contributed by atoms with Gasteiger partial charge in [0.15, 0.2) is 5.82 Å². The summed E-state index contributed by atoms with van der Waals surface area (Å²) in [5.74, 6) is 1.19. The van der Waals surface area contributed by atoms with Crippen LogP contribution in [0.4, 0.5) is 5.82 Å². The monoisotopic (exact) mass is 410 g/mol. The van der Waals surface area contributed by atoms with Crippen LogP contribution >= 0.6 is 11.3 Å². The summed E-state index contributed by atoms with van der Waals surface area (Å²) in [6.07, 6.45) is 1.44. The van der Waals surface area contributed by atoms with E-state index in [0.29, 0.717) is 12.4 Å². The highest BCUT2D eigenvalue weighted by Gasteiger charge is 2.18. The molecule has 1 amide bonds. The third-order valence-corrected chi connectivity index (χ3v) is 5.94. The fraction of sp³-hybridized carbons (Fsp3) is 0.250. The molecule has 0 spiro atoms. The molecule has 0 aliphatic carbocycles. The van der Waals surface area contributed by atoms with E-state index in [9.17, 15) is 4.79 Å². The Labute approximate surface area is 171 Å². The van der Waals surface area contributed by atoms with Crippen LogP contribution in [0.5, 0.6) is 5.75 Å². The molecular formula is C20H22N6O2S. The first-order chi connectivity index (χ1) is 14.0.